The first kappa shape index (κ1) is 18.9. The molecule has 2 N–H and O–H groups in total. The van der Waals surface area contributed by atoms with Crippen LogP contribution in [0.4, 0.5) is 5.69 Å². The zero-order valence-electron chi connectivity index (χ0n) is 15.4. The summed E-state index contributed by atoms with van der Waals surface area (Å²) in [7, 11) is 1.64. The second-order valence-corrected chi connectivity index (χ2v) is 6.60. The predicted molar refractivity (Wildman–Crippen MR) is 103 cm³/mol. The minimum Gasteiger partial charge on any atom is -0.496 e. The summed E-state index contributed by atoms with van der Waals surface area (Å²) in [6.45, 7) is 1.55. The predicted octanol–water partition coefficient (Wildman–Crippen LogP) is 2.50. The summed E-state index contributed by atoms with van der Waals surface area (Å²) in [5, 5.41) is 5.40. The van der Waals surface area contributed by atoms with Gasteiger partial charge in [-0.3, -0.25) is 9.59 Å². The number of para-hydroxylation sites is 2. The Hall–Kier alpha value is -2.86. The van der Waals surface area contributed by atoms with Crippen LogP contribution in [0.3, 0.4) is 0 Å². The maximum Gasteiger partial charge on any atom is 0.313 e. The monoisotopic (exact) mass is 368 g/mol. The molecule has 3 rings (SSSR count). The van der Waals surface area contributed by atoms with Crippen molar-refractivity contribution in [3.8, 4) is 5.75 Å². The fraction of sp³-hybridized carbons (Fsp3) is 0.333. The molecule has 0 aliphatic carbocycles. The Morgan fingerprint density at radius 2 is 1.67 bits per heavy atom. The molecular weight excluding hydrogens is 344 g/mol. The van der Waals surface area contributed by atoms with Crippen molar-refractivity contribution in [3.05, 3.63) is 60.2 Å². The second kappa shape index (κ2) is 8.68. The van der Waals surface area contributed by atoms with E-state index in [0.717, 1.165) is 24.2 Å². The summed E-state index contributed by atoms with van der Waals surface area (Å²) in [4.78, 5) is 24.5. The molecule has 1 saturated heterocycles. The molecule has 142 valence electrons. The van der Waals surface area contributed by atoms with E-state index in [1.807, 2.05) is 30.3 Å². The number of ether oxygens (including phenoxy) is 2. The molecule has 1 aliphatic rings. The van der Waals surface area contributed by atoms with Crippen molar-refractivity contribution in [2.24, 2.45) is 0 Å². The molecule has 1 aliphatic heterocycles. The number of carbonyl (C=O) groups is 2. The smallest absolute Gasteiger partial charge is 0.313 e. The average Bonchev–Trinajstić information content (AvgIpc) is 2.73. The molecule has 0 unspecified atom stereocenters. The zero-order valence-corrected chi connectivity index (χ0v) is 15.4. The SMILES string of the molecule is COc1ccccc1C1(CNC(=O)C(=O)Nc2ccccc2)CCOCC1. The van der Waals surface area contributed by atoms with Gasteiger partial charge in [0.2, 0.25) is 0 Å². The number of rotatable bonds is 5. The summed E-state index contributed by atoms with van der Waals surface area (Å²) in [5.74, 6) is -0.551. The van der Waals surface area contributed by atoms with Crippen LogP contribution >= 0.6 is 0 Å². The summed E-state index contributed by atoms with van der Waals surface area (Å²) in [5.41, 5.74) is 1.29. The van der Waals surface area contributed by atoms with E-state index in [2.05, 4.69) is 10.6 Å². The van der Waals surface area contributed by atoms with Crippen molar-refractivity contribution < 1.29 is 19.1 Å². The van der Waals surface area contributed by atoms with Crippen LogP contribution in [0, 0.1) is 0 Å². The van der Waals surface area contributed by atoms with Crippen molar-refractivity contribution in [2.45, 2.75) is 18.3 Å². The van der Waals surface area contributed by atoms with Crippen molar-refractivity contribution in [2.75, 3.05) is 32.2 Å². The Morgan fingerprint density at radius 1 is 1.00 bits per heavy atom. The van der Waals surface area contributed by atoms with Crippen LogP contribution in [-0.2, 0) is 19.7 Å². The van der Waals surface area contributed by atoms with E-state index in [1.54, 1.807) is 31.4 Å². The average molecular weight is 368 g/mol. The van der Waals surface area contributed by atoms with Gasteiger partial charge in [0.25, 0.3) is 0 Å². The highest BCUT2D eigenvalue weighted by Crippen LogP contribution is 2.39. The van der Waals surface area contributed by atoms with Crippen molar-refractivity contribution in [1.82, 2.24) is 5.32 Å². The molecule has 1 heterocycles. The lowest BCUT2D eigenvalue weighted by Crippen LogP contribution is -2.47. The fourth-order valence-corrected chi connectivity index (χ4v) is 3.43. The van der Waals surface area contributed by atoms with E-state index in [9.17, 15) is 9.59 Å². The summed E-state index contributed by atoms with van der Waals surface area (Å²) >= 11 is 0. The molecule has 0 bridgehead atoms. The van der Waals surface area contributed by atoms with E-state index in [4.69, 9.17) is 9.47 Å². The van der Waals surface area contributed by atoms with Crippen LogP contribution in [0.2, 0.25) is 0 Å². The molecule has 2 aromatic rings. The number of nitrogens with one attached hydrogen (secondary N) is 2. The van der Waals surface area contributed by atoms with Crippen LogP contribution in [0.25, 0.3) is 0 Å². The zero-order chi connectivity index (χ0) is 19.1. The van der Waals surface area contributed by atoms with Gasteiger partial charge in [-0.25, -0.2) is 0 Å². The molecule has 0 spiro atoms. The molecule has 0 saturated carbocycles. The van der Waals surface area contributed by atoms with E-state index in [1.165, 1.54) is 0 Å². The first-order valence-corrected chi connectivity index (χ1v) is 9.00. The number of benzene rings is 2. The van der Waals surface area contributed by atoms with Gasteiger partial charge in [-0.05, 0) is 31.0 Å². The van der Waals surface area contributed by atoms with Gasteiger partial charge in [-0.15, -0.1) is 0 Å². The van der Waals surface area contributed by atoms with Gasteiger partial charge >= 0.3 is 11.8 Å². The molecule has 0 radical (unpaired) electrons. The number of methoxy groups -OCH3 is 1. The molecular formula is C21H24N2O4. The van der Waals surface area contributed by atoms with E-state index < -0.39 is 11.8 Å². The highest BCUT2D eigenvalue weighted by atomic mass is 16.5. The topological polar surface area (TPSA) is 76.7 Å². The molecule has 6 nitrogen and oxygen atoms in total. The Kier molecular flexibility index (Phi) is 6.08. The number of carbonyl (C=O) groups excluding carboxylic acids is 2. The quantitative estimate of drug-likeness (QED) is 0.795. The minimum atomic E-state index is -0.677. The first-order valence-electron chi connectivity index (χ1n) is 9.00. The summed E-state index contributed by atoms with van der Waals surface area (Å²) < 4.78 is 11.0. The third kappa shape index (κ3) is 4.46. The van der Waals surface area contributed by atoms with E-state index in [-0.39, 0.29) is 5.41 Å². The lowest BCUT2D eigenvalue weighted by molar-refractivity contribution is -0.136. The van der Waals surface area contributed by atoms with Gasteiger partial charge < -0.3 is 20.1 Å². The third-order valence-corrected chi connectivity index (χ3v) is 4.95. The molecule has 0 aromatic heterocycles. The maximum absolute atomic E-state index is 12.3. The summed E-state index contributed by atoms with van der Waals surface area (Å²) in [6, 6.07) is 16.7. The third-order valence-electron chi connectivity index (χ3n) is 4.95. The Bertz CT molecular complexity index is 786. The van der Waals surface area contributed by atoms with Crippen LogP contribution in [-0.4, -0.2) is 38.7 Å². The Labute approximate surface area is 158 Å². The molecule has 27 heavy (non-hydrogen) atoms. The molecule has 6 heteroatoms. The van der Waals surface area contributed by atoms with Crippen LogP contribution in [0.5, 0.6) is 5.75 Å². The number of anilines is 1. The lowest BCUT2D eigenvalue weighted by atomic mass is 9.73. The van der Waals surface area contributed by atoms with Gasteiger partial charge in [0, 0.05) is 36.4 Å². The fourth-order valence-electron chi connectivity index (χ4n) is 3.43. The highest BCUT2D eigenvalue weighted by Gasteiger charge is 2.37. The largest absolute Gasteiger partial charge is 0.496 e. The number of hydrogen-bond donors (Lipinski definition) is 2. The van der Waals surface area contributed by atoms with E-state index >= 15 is 0 Å². The van der Waals surface area contributed by atoms with Gasteiger partial charge in [0.05, 0.1) is 7.11 Å². The Balaban J connectivity index is 1.72. The van der Waals surface area contributed by atoms with Crippen molar-refractivity contribution in [1.29, 1.82) is 0 Å². The van der Waals surface area contributed by atoms with Crippen molar-refractivity contribution >= 4 is 17.5 Å². The Morgan fingerprint density at radius 3 is 2.37 bits per heavy atom. The number of hydrogen-bond acceptors (Lipinski definition) is 4. The van der Waals surface area contributed by atoms with Gasteiger partial charge in [-0.2, -0.15) is 0 Å². The van der Waals surface area contributed by atoms with Crippen molar-refractivity contribution in [3.63, 3.8) is 0 Å². The summed E-state index contributed by atoms with van der Waals surface area (Å²) in [6.07, 6.45) is 1.49. The van der Waals surface area contributed by atoms with Crippen LogP contribution in [0.15, 0.2) is 54.6 Å². The van der Waals surface area contributed by atoms with Gasteiger partial charge in [0.15, 0.2) is 0 Å². The molecule has 1 fully saturated rings. The molecule has 2 aromatic carbocycles. The minimum absolute atomic E-state index is 0.326. The molecule has 0 atom stereocenters. The van der Waals surface area contributed by atoms with E-state index in [0.29, 0.717) is 25.4 Å². The first-order chi connectivity index (χ1) is 13.1. The van der Waals surface area contributed by atoms with Crippen LogP contribution < -0.4 is 15.4 Å². The molecule has 2 amide bonds. The van der Waals surface area contributed by atoms with Gasteiger partial charge in [0.1, 0.15) is 5.75 Å². The number of amides is 2. The second-order valence-electron chi connectivity index (χ2n) is 6.60. The lowest BCUT2D eigenvalue weighted by Gasteiger charge is -2.38. The highest BCUT2D eigenvalue weighted by molar-refractivity contribution is 6.39. The van der Waals surface area contributed by atoms with Crippen LogP contribution in [0.1, 0.15) is 18.4 Å². The maximum atomic E-state index is 12.3. The normalized spacial score (nSPS) is 15.6. The van der Waals surface area contributed by atoms with Gasteiger partial charge in [-0.1, -0.05) is 36.4 Å². The standard InChI is InChI=1S/C21H24N2O4/c1-26-18-10-6-5-9-17(18)21(11-13-27-14-12-21)15-22-19(24)20(25)23-16-7-3-2-4-8-16/h2-10H,11-15H2,1H3,(H,22,24)(H,23,25).